The molecule has 0 saturated heterocycles. The Hall–Kier alpha value is -4.00. The van der Waals surface area contributed by atoms with E-state index < -0.39 is 5.82 Å². The van der Waals surface area contributed by atoms with Gasteiger partial charge in [0, 0.05) is 56.6 Å². The van der Waals surface area contributed by atoms with Gasteiger partial charge in [0.2, 0.25) is 5.91 Å². The van der Waals surface area contributed by atoms with Gasteiger partial charge in [-0.1, -0.05) is 24.3 Å². The molecule has 0 unspecified atom stereocenters. The van der Waals surface area contributed by atoms with Crippen LogP contribution in [0.5, 0.6) is 0 Å². The van der Waals surface area contributed by atoms with Gasteiger partial charge >= 0.3 is 0 Å². The molecule has 0 fully saturated rings. The number of halogens is 1. The lowest BCUT2D eigenvalue weighted by Crippen LogP contribution is -2.33. The van der Waals surface area contributed by atoms with Crippen molar-refractivity contribution in [2.45, 2.75) is 13.3 Å². The van der Waals surface area contributed by atoms with Crippen molar-refractivity contribution in [3.8, 4) is 11.1 Å². The number of carbonyl (C=O) groups excluding carboxylic acids is 2. The molecule has 2 amide bonds. The van der Waals surface area contributed by atoms with Gasteiger partial charge in [0.05, 0.1) is 11.0 Å². The number of hydrogen-bond donors (Lipinski definition) is 1. The fraction of sp³-hybridized carbons (Fsp3) is 0.222. The van der Waals surface area contributed by atoms with Crippen molar-refractivity contribution >= 4 is 39.2 Å². The highest BCUT2D eigenvalue weighted by Crippen LogP contribution is 2.39. The van der Waals surface area contributed by atoms with Crippen LogP contribution in [0.25, 0.3) is 38.5 Å². The van der Waals surface area contributed by atoms with Crippen molar-refractivity contribution in [2.24, 2.45) is 0 Å². The van der Waals surface area contributed by atoms with E-state index in [0.717, 1.165) is 27.6 Å². The summed E-state index contributed by atoms with van der Waals surface area (Å²) in [6.45, 7) is 2.49. The highest BCUT2D eigenvalue weighted by Gasteiger charge is 2.24. The molecule has 5 rings (SSSR count). The summed E-state index contributed by atoms with van der Waals surface area (Å²) in [5.74, 6) is -0.694. The number of para-hydroxylation sites is 1. The van der Waals surface area contributed by atoms with Crippen LogP contribution in [0.3, 0.4) is 0 Å². The van der Waals surface area contributed by atoms with Crippen LogP contribution in [-0.4, -0.2) is 58.8 Å². The van der Waals surface area contributed by atoms with Crippen LogP contribution in [0.15, 0.2) is 54.7 Å². The second kappa shape index (κ2) is 8.41. The van der Waals surface area contributed by atoms with Gasteiger partial charge in [-0.25, -0.2) is 4.39 Å². The van der Waals surface area contributed by atoms with Crippen LogP contribution in [-0.2, 0) is 4.79 Å². The van der Waals surface area contributed by atoms with E-state index in [9.17, 15) is 9.59 Å². The summed E-state index contributed by atoms with van der Waals surface area (Å²) in [6, 6.07) is 13.3. The maximum atomic E-state index is 16.0. The van der Waals surface area contributed by atoms with Crippen molar-refractivity contribution in [3.63, 3.8) is 0 Å². The number of fused-ring (bicyclic) bond motifs is 2. The van der Waals surface area contributed by atoms with E-state index in [4.69, 9.17) is 0 Å². The number of rotatable bonds is 3. The Morgan fingerprint density at radius 1 is 1.06 bits per heavy atom. The molecule has 0 atom stereocenters. The predicted molar refractivity (Wildman–Crippen MR) is 132 cm³/mol. The molecular formula is C27H25FN4O2. The maximum Gasteiger partial charge on any atom is 0.269 e. The molecule has 6 nitrogen and oxygen atoms in total. The molecule has 34 heavy (non-hydrogen) atoms. The number of aromatic amines is 1. The molecule has 0 saturated carbocycles. The van der Waals surface area contributed by atoms with Gasteiger partial charge in [-0.3, -0.25) is 14.6 Å². The zero-order valence-corrected chi connectivity index (χ0v) is 19.4. The lowest BCUT2D eigenvalue weighted by molar-refractivity contribution is -0.128. The number of benzene rings is 2. The van der Waals surface area contributed by atoms with Gasteiger partial charge in [0.15, 0.2) is 5.82 Å². The van der Waals surface area contributed by atoms with Gasteiger partial charge in [-0.15, -0.1) is 0 Å². The summed E-state index contributed by atoms with van der Waals surface area (Å²) in [6.07, 6.45) is 4.39. The summed E-state index contributed by atoms with van der Waals surface area (Å²) < 4.78 is 16.0. The van der Waals surface area contributed by atoms with Crippen LogP contribution in [0.1, 0.15) is 29.4 Å². The van der Waals surface area contributed by atoms with Gasteiger partial charge in [0.1, 0.15) is 5.69 Å². The number of pyridine rings is 1. The largest absolute Gasteiger partial charge is 0.348 e. The highest BCUT2D eigenvalue weighted by atomic mass is 19.1. The minimum atomic E-state index is -0.424. The Kier molecular flexibility index (Phi) is 5.40. The standard InChI is InChI=1S/C27H25FN4O2/c1-16(33)32-12-6-7-17(15-32)20-13-21(18-10-11-29-23-9-5-4-8-19(18)23)22-14-24(27(34)31(2)3)30-26(22)25(20)28/h4-5,7-11,13-14,30H,6,12,15H2,1-3H3. The molecule has 7 heteroatoms. The van der Waals surface area contributed by atoms with E-state index in [-0.39, 0.29) is 17.3 Å². The zero-order chi connectivity index (χ0) is 24.0. The van der Waals surface area contributed by atoms with Crippen molar-refractivity contribution in [2.75, 3.05) is 27.2 Å². The smallest absolute Gasteiger partial charge is 0.269 e. The molecule has 4 aromatic rings. The first-order valence-electron chi connectivity index (χ1n) is 11.2. The summed E-state index contributed by atoms with van der Waals surface area (Å²) >= 11 is 0. The van der Waals surface area contributed by atoms with Crippen molar-refractivity contribution in [1.82, 2.24) is 19.8 Å². The predicted octanol–water partition coefficient (Wildman–Crippen LogP) is 4.86. The second-order valence-corrected chi connectivity index (χ2v) is 8.79. The number of aromatic nitrogens is 2. The second-order valence-electron chi connectivity index (χ2n) is 8.79. The van der Waals surface area contributed by atoms with E-state index >= 15 is 4.39 Å². The zero-order valence-electron chi connectivity index (χ0n) is 19.4. The van der Waals surface area contributed by atoms with E-state index in [0.29, 0.717) is 36.2 Å². The number of H-pyrrole nitrogens is 1. The molecule has 0 aliphatic carbocycles. The minimum Gasteiger partial charge on any atom is -0.348 e. The number of hydrogen-bond acceptors (Lipinski definition) is 3. The normalized spacial score (nSPS) is 13.9. The Morgan fingerprint density at radius 2 is 1.85 bits per heavy atom. The van der Waals surface area contributed by atoms with Crippen molar-refractivity contribution in [1.29, 1.82) is 0 Å². The van der Waals surface area contributed by atoms with Crippen LogP contribution < -0.4 is 0 Å². The molecule has 0 spiro atoms. The summed E-state index contributed by atoms with van der Waals surface area (Å²) in [5, 5.41) is 1.57. The number of amides is 2. The van der Waals surface area contributed by atoms with E-state index in [2.05, 4.69) is 9.97 Å². The third kappa shape index (κ3) is 3.63. The first kappa shape index (κ1) is 21.8. The summed E-state index contributed by atoms with van der Waals surface area (Å²) in [5.41, 5.74) is 4.33. The van der Waals surface area contributed by atoms with Gasteiger partial charge in [-0.05, 0) is 47.4 Å². The van der Waals surface area contributed by atoms with Crippen LogP contribution in [0.2, 0.25) is 0 Å². The van der Waals surface area contributed by atoms with Gasteiger partial charge < -0.3 is 14.8 Å². The lowest BCUT2D eigenvalue weighted by Gasteiger charge is -2.27. The SMILES string of the molecule is CC(=O)N1CCC=C(c2cc(-c3ccnc4ccccc34)c3cc(C(=O)N(C)C)[nH]c3c2F)C1. The minimum absolute atomic E-state index is 0.0359. The van der Waals surface area contributed by atoms with Crippen LogP contribution >= 0.6 is 0 Å². The molecule has 0 radical (unpaired) electrons. The highest BCUT2D eigenvalue weighted by molar-refractivity contribution is 6.08. The van der Waals surface area contributed by atoms with E-state index in [1.807, 2.05) is 42.5 Å². The number of nitrogens with one attached hydrogen (secondary N) is 1. The Morgan fingerprint density at radius 3 is 2.62 bits per heavy atom. The maximum absolute atomic E-state index is 16.0. The van der Waals surface area contributed by atoms with Crippen LogP contribution in [0.4, 0.5) is 4.39 Å². The fourth-order valence-corrected chi connectivity index (χ4v) is 4.61. The van der Waals surface area contributed by atoms with Gasteiger partial charge in [-0.2, -0.15) is 0 Å². The topological polar surface area (TPSA) is 69.3 Å². The fourth-order valence-electron chi connectivity index (χ4n) is 4.61. The van der Waals surface area contributed by atoms with Crippen LogP contribution in [0, 0.1) is 5.82 Å². The first-order valence-corrected chi connectivity index (χ1v) is 11.2. The average Bonchev–Trinajstić information content (AvgIpc) is 3.29. The monoisotopic (exact) mass is 456 g/mol. The van der Waals surface area contributed by atoms with E-state index in [1.165, 1.54) is 11.8 Å². The molecule has 1 aliphatic rings. The molecule has 3 heterocycles. The van der Waals surface area contributed by atoms with Crippen molar-refractivity contribution in [3.05, 3.63) is 71.8 Å². The first-order chi connectivity index (χ1) is 16.3. The summed E-state index contributed by atoms with van der Waals surface area (Å²) in [4.78, 5) is 35.4. The summed E-state index contributed by atoms with van der Waals surface area (Å²) in [7, 11) is 3.33. The number of nitrogens with zero attached hydrogens (tertiary/aromatic N) is 3. The third-order valence-corrected chi connectivity index (χ3v) is 6.37. The van der Waals surface area contributed by atoms with E-state index in [1.54, 1.807) is 31.3 Å². The third-order valence-electron chi connectivity index (χ3n) is 6.37. The van der Waals surface area contributed by atoms with Gasteiger partial charge in [0.25, 0.3) is 5.91 Å². The molecule has 2 aromatic heterocycles. The molecule has 172 valence electrons. The Labute approximate surface area is 196 Å². The lowest BCUT2D eigenvalue weighted by atomic mass is 9.92. The Bertz CT molecular complexity index is 1480. The average molecular weight is 457 g/mol. The van der Waals surface area contributed by atoms with Crippen molar-refractivity contribution < 1.29 is 14.0 Å². The molecule has 2 aromatic carbocycles. The molecule has 0 bridgehead atoms. The quantitative estimate of drug-likeness (QED) is 0.479. The number of carbonyl (C=O) groups is 2. The Balaban J connectivity index is 1.80. The molecular weight excluding hydrogens is 431 g/mol. The molecule has 1 N–H and O–H groups in total. The molecule has 1 aliphatic heterocycles.